The molecule has 1 saturated carbocycles. The number of rotatable bonds is 8. The molecule has 0 aromatic carbocycles. The van der Waals surface area contributed by atoms with Crippen LogP contribution in [0.25, 0.3) is 5.78 Å². The number of Topliss-reactive ketones (excluding diaryl/α,β-unsaturated/α-hetero) is 1. The molecule has 1 aliphatic heterocycles. The molecule has 1 aliphatic carbocycles. The molecular weight excluding hydrogens is 466 g/mol. The van der Waals surface area contributed by atoms with Crippen molar-refractivity contribution < 1.29 is 34.9 Å². The Morgan fingerprint density at radius 1 is 1.11 bits per heavy atom. The largest absolute Gasteiger partial charge is 0.458 e. The number of aromatic nitrogens is 5. The van der Waals surface area contributed by atoms with Gasteiger partial charge in [0.15, 0.2) is 11.6 Å². The van der Waals surface area contributed by atoms with Crippen LogP contribution >= 0.6 is 0 Å². The van der Waals surface area contributed by atoms with Gasteiger partial charge in [0.25, 0.3) is 5.78 Å². The standard InChI is InChI=1S/C29H37N5O3/c1-5-22-14-20(15-23(6-2)31-22)11-12-29(21-9-7-8-10-21)17-25(35)24(27(36)37-29)16-26-32-28-30-18(3)13-19(4)34(28)33-26/h13-15,21,24H,5-12,16-17H2,1-4H3/t24?,29-/m1/s1/i7D2,8D2,9D2,10D2,11D2,12D2,16D2,21D. The molecule has 0 bridgehead atoms. The summed E-state index contributed by atoms with van der Waals surface area (Å²) < 4.78 is 140. The zero-order valence-electron chi connectivity index (χ0n) is 35.9. The second kappa shape index (κ2) is 10.3. The third-order valence-electron chi connectivity index (χ3n) is 6.05. The van der Waals surface area contributed by atoms with E-state index < -0.39 is 91.6 Å². The van der Waals surface area contributed by atoms with E-state index in [2.05, 4.69) is 20.1 Å². The summed E-state index contributed by atoms with van der Waals surface area (Å²) in [7, 11) is 0. The number of esters is 1. The van der Waals surface area contributed by atoms with Gasteiger partial charge in [0, 0.05) is 56.1 Å². The Kier molecular flexibility index (Phi) is 3.64. The molecule has 3 aromatic rings. The first-order valence-corrected chi connectivity index (χ1v) is 12.0. The molecule has 1 saturated heterocycles. The molecule has 5 rings (SSSR count). The van der Waals surface area contributed by atoms with Crippen LogP contribution in [0.3, 0.4) is 0 Å². The molecule has 37 heavy (non-hydrogen) atoms. The van der Waals surface area contributed by atoms with Crippen molar-refractivity contribution in [3.63, 3.8) is 0 Å². The molecule has 196 valence electrons. The maximum Gasteiger partial charge on any atom is 0.317 e. The fraction of sp³-hybridized carbons (Fsp3) is 0.586. The minimum Gasteiger partial charge on any atom is -0.458 e. The fourth-order valence-electron chi connectivity index (χ4n) is 4.19. The monoisotopic (exact) mass is 518 g/mol. The average Bonchev–Trinajstić information content (AvgIpc) is 3.49. The molecule has 1 unspecified atom stereocenters. The second-order valence-corrected chi connectivity index (χ2v) is 8.83. The first-order valence-electron chi connectivity index (χ1n) is 19.5. The Morgan fingerprint density at radius 2 is 1.81 bits per heavy atom. The van der Waals surface area contributed by atoms with Crippen LogP contribution in [-0.4, -0.2) is 41.9 Å². The Hall–Kier alpha value is -3.16. The first-order chi connectivity index (χ1) is 23.5. The minimum absolute atomic E-state index is 0.107. The lowest BCUT2D eigenvalue weighted by molar-refractivity contribution is -0.185. The zero-order chi connectivity index (χ0) is 39.6. The highest BCUT2D eigenvalue weighted by molar-refractivity contribution is 6.01. The Bertz CT molecular complexity index is 1910. The molecule has 0 radical (unpaired) electrons. The summed E-state index contributed by atoms with van der Waals surface area (Å²) in [5, 5.41) is 4.05. The second-order valence-electron chi connectivity index (χ2n) is 8.83. The highest BCUT2D eigenvalue weighted by Gasteiger charge is 2.51. The Balaban J connectivity index is 1.79. The van der Waals surface area contributed by atoms with Crippen LogP contribution in [0.2, 0.25) is 0 Å². The number of aryl methyl sites for hydroxylation is 5. The van der Waals surface area contributed by atoms with Crippen molar-refractivity contribution in [1.29, 1.82) is 0 Å². The van der Waals surface area contributed by atoms with Crippen molar-refractivity contribution in [3.05, 3.63) is 52.4 Å². The van der Waals surface area contributed by atoms with Crippen molar-refractivity contribution in [1.82, 2.24) is 24.6 Å². The summed E-state index contributed by atoms with van der Waals surface area (Å²) >= 11 is 0. The van der Waals surface area contributed by atoms with Crippen LogP contribution in [0.15, 0.2) is 18.2 Å². The molecule has 8 heteroatoms. The maximum atomic E-state index is 14.3. The van der Waals surface area contributed by atoms with Crippen molar-refractivity contribution in [3.8, 4) is 0 Å². The van der Waals surface area contributed by atoms with Crippen LogP contribution in [0, 0.1) is 25.7 Å². The first kappa shape index (κ1) is 13.1. The lowest BCUT2D eigenvalue weighted by Gasteiger charge is -2.43. The van der Waals surface area contributed by atoms with Gasteiger partial charge in [0.2, 0.25) is 0 Å². The van der Waals surface area contributed by atoms with Gasteiger partial charge in [-0.3, -0.25) is 14.6 Å². The molecule has 2 fully saturated rings. The lowest BCUT2D eigenvalue weighted by Crippen LogP contribution is -2.52. The van der Waals surface area contributed by atoms with E-state index in [0.717, 1.165) is 16.6 Å². The number of hydrogen-bond donors (Lipinski definition) is 0. The number of ether oxygens (including phenoxy) is 1. The van der Waals surface area contributed by atoms with Gasteiger partial charge in [-0.05, 0) is 81.8 Å². The van der Waals surface area contributed by atoms with Crippen molar-refractivity contribution in [2.24, 2.45) is 11.8 Å². The molecule has 2 atom stereocenters. The number of hydrogen-bond acceptors (Lipinski definition) is 7. The topological polar surface area (TPSA) is 99.3 Å². The van der Waals surface area contributed by atoms with E-state index in [0.29, 0.717) is 11.4 Å². The van der Waals surface area contributed by atoms with Gasteiger partial charge in [-0.2, -0.15) is 4.98 Å². The molecule has 2 aliphatic rings. The smallest absolute Gasteiger partial charge is 0.317 e. The summed E-state index contributed by atoms with van der Waals surface area (Å²) in [4.78, 5) is 41.0. The van der Waals surface area contributed by atoms with Crippen molar-refractivity contribution >= 4 is 17.5 Å². The summed E-state index contributed by atoms with van der Waals surface area (Å²) in [5.41, 5.74) is -3.01. The Morgan fingerprint density at radius 3 is 2.46 bits per heavy atom. The zero-order valence-corrected chi connectivity index (χ0v) is 20.9. The van der Waals surface area contributed by atoms with E-state index in [-0.39, 0.29) is 30.0 Å². The van der Waals surface area contributed by atoms with E-state index in [1.807, 2.05) is 0 Å². The maximum absolute atomic E-state index is 14.3. The molecule has 0 amide bonds. The van der Waals surface area contributed by atoms with Crippen LogP contribution in [0.4, 0.5) is 0 Å². The number of nitrogens with zero attached hydrogens (tertiary/aromatic N) is 5. The number of carbonyl (C=O) groups is 2. The van der Waals surface area contributed by atoms with Gasteiger partial charge < -0.3 is 4.74 Å². The number of pyridine rings is 1. The number of cyclic esters (lactones) is 1. The quantitative estimate of drug-likeness (QED) is 0.320. The SMILES string of the molecule is [2H]C([2H])(c1nc2nc(C)cc(C)n2n1)C1C(=O)C[C@](C([2H])([2H])C([2H])([2H])c2cc(CC)nc(CC)c2)(C2([2H])C([2H])([2H])C([2H])([2H])C([2H])([2H])C2([2H])[2H])OC1=O. The Labute approximate surface area is 239 Å². The van der Waals surface area contributed by atoms with Gasteiger partial charge >= 0.3 is 5.97 Å². The predicted octanol–water partition coefficient (Wildman–Crippen LogP) is 4.50. The predicted molar refractivity (Wildman–Crippen MR) is 139 cm³/mol. The molecule has 3 aromatic heterocycles. The van der Waals surface area contributed by atoms with Crippen molar-refractivity contribution in [2.45, 2.75) is 97.2 Å². The van der Waals surface area contributed by atoms with Gasteiger partial charge in [0.1, 0.15) is 11.5 Å². The summed E-state index contributed by atoms with van der Waals surface area (Å²) in [5.74, 6) is -11.3. The highest BCUT2D eigenvalue weighted by atomic mass is 16.6. The van der Waals surface area contributed by atoms with E-state index in [1.165, 1.54) is 0 Å². The summed E-state index contributed by atoms with van der Waals surface area (Å²) in [6.45, 7) is 6.58. The fourth-order valence-corrected chi connectivity index (χ4v) is 4.19. The molecule has 4 heterocycles. The van der Waals surface area contributed by atoms with Gasteiger partial charge in [-0.15, -0.1) is 5.10 Å². The third-order valence-corrected chi connectivity index (χ3v) is 6.05. The molecule has 0 N–H and O–H groups in total. The van der Waals surface area contributed by atoms with Crippen LogP contribution in [-0.2, 0) is 39.9 Å². The summed E-state index contributed by atoms with van der Waals surface area (Å²) in [6, 6.07) is 3.90. The minimum atomic E-state index is -4.26. The number of ketones is 1. The summed E-state index contributed by atoms with van der Waals surface area (Å²) in [6.07, 6.45) is -28.3. The van der Waals surface area contributed by atoms with E-state index in [9.17, 15) is 13.7 Å². The number of fused-ring (bicyclic) bond motifs is 1. The van der Waals surface area contributed by atoms with Crippen molar-refractivity contribution in [2.75, 3.05) is 0 Å². The van der Waals surface area contributed by atoms with E-state index >= 15 is 0 Å². The van der Waals surface area contributed by atoms with Crippen LogP contribution < -0.4 is 0 Å². The normalized spacial score (nSPS) is 36.1. The lowest BCUT2D eigenvalue weighted by atomic mass is 9.73. The van der Waals surface area contributed by atoms with Gasteiger partial charge in [-0.25, -0.2) is 9.50 Å². The van der Waals surface area contributed by atoms with Crippen LogP contribution in [0.5, 0.6) is 0 Å². The third kappa shape index (κ3) is 5.15. The van der Waals surface area contributed by atoms with E-state index in [1.54, 1.807) is 33.8 Å². The van der Waals surface area contributed by atoms with E-state index in [4.69, 9.17) is 21.2 Å². The van der Waals surface area contributed by atoms with Crippen LogP contribution in [0.1, 0.15) is 107 Å². The van der Waals surface area contributed by atoms with Gasteiger partial charge in [0.05, 0.1) is 0 Å². The molecular formula is C29H37N5O3. The highest BCUT2D eigenvalue weighted by Crippen LogP contribution is 2.45. The number of carbonyl (C=O) groups excluding carboxylic acids is 2. The molecule has 8 nitrogen and oxygen atoms in total. The average molecular weight is 519 g/mol. The van der Waals surface area contributed by atoms with Gasteiger partial charge in [-0.1, -0.05) is 26.6 Å². The molecule has 0 spiro atoms.